The minimum Gasteiger partial charge on any atom is -0.326 e. The number of quaternary nitrogens is 1. The maximum Gasteiger partial charge on any atom is 0.0909 e. The van der Waals surface area contributed by atoms with Crippen molar-refractivity contribution < 1.29 is 4.48 Å². The summed E-state index contributed by atoms with van der Waals surface area (Å²) >= 11 is 0. The van der Waals surface area contributed by atoms with Gasteiger partial charge in [-0.05, 0) is 31.6 Å². The van der Waals surface area contributed by atoms with E-state index < -0.39 is 0 Å². The van der Waals surface area contributed by atoms with Gasteiger partial charge < -0.3 is 4.48 Å². The molecule has 104 valence electrons. The summed E-state index contributed by atoms with van der Waals surface area (Å²) in [6, 6.07) is 0.813. The van der Waals surface area contributed by atoms with Crippen LogP contribution in [0.3, 0.4) is 0 Å². The quantitative estimate of drug-likeness (QED) is 0.541. The minimum absolute atomic E-state index is 0.524. The lowest BCUT2D eigenvalue weighted by Gasteiger charge is -2.41. The molecule has 0 aliphatic heterocycles. The predicted molar refractivity (Wildman–Crippen MR) is 79.2 cm³/mol. The highest BCUT2D eigenvalue weighted by Gasteiger charge is 2.31. The van der Waals surface area contributed by atoms with Crippen molar-refractivity contribution in [1.29, 1.82) is 0 Å². The van der Waals surface area contributed by atoms with Crippen LogP contribution in [-0.2, 0) is 0 Å². The van der Waals surface area contributed by atoms with Gasteiger partial charge in [-0.15, -0.1) is 0 Å². The summed E-state index contributed by atoms with van der Waals surface area (Å²) < 4.78 is 1.17. The monoisotopic (exact) mass is 242 g/mol. The number of hydrogen-bond donors (Lipinski definition) is 0. The van der Waals surface area contributed by atoms with E-state index in [4.69, 9.17) is 0 Å². The van der Waals surface area contributed by atoms with E-state index in [1.165, 1.54) is 36.7 Å². The molecule has 0 aromatic heterocycles. The topological polar surface area (TPSA) is 0 Å². The van der Waals surface area contributed by atoms with Gasteiger partial charge >= 0.3 is 0 Å². The van der Waals surface area contributed by atoms with E-state index >= 15 is 0 Å². The van der Waals surface area contributed by atoms with Crippen LogP contribution in [0.15, 0.2) is 0 Å². The summed E-state index contributed by atoms with van der Waals surface area (Å²) in [6.45, 7) is 15.5. The Morgan fingerprint density at radius 1 is 1.06 bits per heavy atom. The Morgan fingerprint density at radius 2 is 1.59 bits per heavy atom. The van der Waals surface area contributed by atoms with Gasteiger partial charge in [-0.25, -0.2) is 0 Å². The van der Waals surface area contributed by atoms with Crippen molar-refractivity contribution in [1.82, 2.24) is 0 Å². The summed E-state index contributed by atoms with van der Waals surface area (Å²) in [5.41, 5.74) is 0.524. The molecule has 2 unspecified atom stereocenters. The highest BCUT2D eigenvalue weighted by Crippen LogP contribution is 2.31. The molecular weight excluding hydrogens is 206 g/mol. The van der Waals surface area contributed by atoms with Crippen molar-refractivity contribution in [3.05, 3.63) is 0 Å². The largest absolute Gasteiger partial charge is 0.326 e. The summed E-state index contributed by atoms with van der Waals surface area (Å²) in [6.07, 6.45) is 5.34. The smallest absolute Gasteiger partial charge is 0.0909 e. The van der Waals surface area contributed by atoms with Gasteiger partial charge in [-0.2, -0.15) is 0 Å². The van der Waals surface area contributed by atoms with Crippen molar-refractivity contribution in [2.45, 2.75) is 73.3 Å². The van der Waals surface area contributed by atoms with E-state index in [2.05, 4.69) is 55.6 Å². The third-order valence-electron chi connectivity index (χ3n) is 5.02. The molecule has 0 bridgehead atoms. The van der Waals surface area contributed by atoms with E-state index in [0.29, 0.717) is 5.41 Å². The van der Waals surface area contributed by atoms with Crippen molar-refractivity contribution >= 4 is 0 Å². The second-order valence-electron chi connectivity index (χ2n) is 7.10. The lowest BCUT2D eigenvalue weighted by Crippen LogP contribution is -2.51. The van der Waals surface area contributed by atoms with Crippen LogP contribution in [0.4, 0.5) is 0 Å². The molecule has 0 rings (SSSR count). The first-order valence-corrected chi connectivity index (χ1v) is 7.52. The standard InChI is InChI=1S/C16H36N/c1-9-15(17(7,8)11-3)14(4)12-13-16(5,6)10-2/h14-15H,9-13H2,1-8H3/q+1. The first-order valence-electron chi connectivity index (χ1n) is 7.52. The average molecular weight is 242 g/mol. The van der Waals surface area contributed by atoms with Crippen LogP contribution in [0.25, 0.3) is 0 Å². The molecule has 0 spiro atoms. The second kappa shape index (κ2) is 6.78. The molecule has 0 aromatic carbocycles. The maximum absolute atomic E-state index is 2.45. The van der Waals surface area contributed by atoms with Crippen LogP contribution >= 0.6 is 0 Å². The molecule has 17 heavy (non-hydrogen) atoms. The third kappa shape index (κ3) is 5.42. The molecule has 0 fully saturated rings. The molecule has 0 N–H and O–H groups in total. The lowest BCUT2D eigenvalue weighted by molar-refractivity contribution is -0.917. The van der Waals surface area contributed by atoms with Crippen LogP contribution in [0.2, 0.25) is 0 Å². The highest BCUT2D eigenvalue weighted by atomic mass is 15.3. The molecule has 0 heterocycles. The molecule has 2 atom stereocenters. The van der Waals surface area contributed by atoms with Crippen molar-refractivity contribution in [3.8, 4) is 0 Å². The summed E-state index contributed by atoms with van der Waals surface area (Å²) in [5, 5.41) is 0. The maximum atomic E-state index is 2.45. The molecular formula is C16H36N+. The normalized spacial score (nSPS) is 16.9. The van der Waals surface area contributed by atoms with Gasteiger partial charge in [-0.1, -0.05) is 41.0 Å². The fourth-order valence-electron chi connectivity index (χ4n) is 2.81. The second-order valence-corrected chi connectivity index (χ2v) is 7.10. The third-order valence-corrected chi connectivity index (χ3v) is 5.02. The van der Waals surface area contributed by atoms with Gasteiger partial charge in [0.05, 0.1) is 26.7 Å². The summed E-state index contributed by atoms with van der Waals surface area (Å²) in [4.78, 5) is 0. The van der Waals surface area contributed by atoms with Gasteiger partial charge in [0.25, 0.3) is 0 Å². The van der Waals surface area contributed by atoms with Crippen LogP contribution < -0.4 is 0 Å². The number of hydrogen-bond acceptors (Lipinski definition) is 0. The molecule has 0 amide bonds. The van der Waals surface area contributed by atoms with E-state index in [0.717, 1.165) is 12.0 Å². The fourth-order valence-corrected chi connectivity index (χ4v) is 2.81. The molecule has 0 aliphatic carbocycles. The molecule has 1 nitrogen and oxygen atoms in total. The Bertz CT molecular complexity index is 206. The highest BCUT2D eigenvalue weighted by molar-refractivity contribution is 4.72. The molecule has 0 saturated heterocycles. The first-order chi connectivity index (χ1) is 7.70. The summed E-state index contributed by atoms with van der Waals surface area (Å²) in [5.74, 6) is 0.834. The van der Waals surface area contributed by atoms with Gasteiger partial charge in [0.1, 0.15) is 0 Å². The Balaban J connectivity index is 4.42. The Kier molecular flexibility index (Phi) is 6.76. The summed E-state index contributed by atoms with van der Waals surface area (Å²) in [7, 11) is 4.77. The average Bonchev–Trinajstić information content (AvgIpc) is 2.27. The lowest BCUT2D eigenvalue weighted by atomic mass is 9.80. The van der Waals surface area contributed by atoms with Crippen LogP contribution in [0, 0.1) is 11.3 Å². The predicted octanol–water partition coefficient (Wildman–Crippen LogP) is 4.71. The first kappa shape index (κ1) is 17.0. The minimum atomic E-state index is 0.524. The van der Waals surface area contributed by atoms with Crippen LogP contribution in [0.5, 0.6) is 0 Å². The van der Waals surface area contributed by atoms with Crippen LogP contribution in [0.1, 0.15) is 67.2 Å². The van der Waals surface area contributed by atoms with E-state index in [9.17, 15) is 0 Å². The number of rotatable bonds is 8. The Hall–Kier alpha value is -0.0400. The van der Waals surface area contributed by atoms with Gasteiger partial charge in [0, 0.05) is 5.92 Å². The van der Waals surface area contributed by atoms with E-state index in [-0.39, 0.29) is 0 Å². The van der Waals surface area contributed by atoms with Gasteiger partial charge in [0.15, 0.2) is 0 Å². The molecule has 0 aliphatic rings. The van der Waals surface area contributed by atoms with Crippen molar-refractivity contribution in [3.63, 3.8) is 0 Å². The number of nitrogens with zero attached hydrogens (tertiary/aromatic N) is 1. The van der Waals surface area contributed by atoms with Crippen molar-refractivity contribution in [2.75, 3.05) is 20.6 Å². The SMILES string of the molecule is CCC(C(C)CCC(C)(C)CC)[N+](C)(C)CC. The Morgan fingerprint density at radius 3 is 1.94 bits per heavy atom. The molecule has 1 heteroatoms. The zero-order chi connectivity index (χ0) is 13.7. The zero-order valence-electron chi connectivity index (χ0n) is 13.6. The molecule has 0 aromatic rings. The van der Waals surface area contributed by atoms with Gasteiger partial charge in [0.2, 0.25) is 0 Å². The molecule has 0 saturated carbocycles. The van der Waals surface area contributed by atoms with Gasteiger partial charge in [-0.3, -0.25) is 0 Å². The Labute approximate surface area is 110 Å². The van der Waals surface area contributed by atoms with Crippen LogP contribution in [-0.4, -0.2) is 31.2 Å². The van der Waals surface area contributed by atoms with Crippen molar-refractivity contribution in [2.24, 2.45) is 11.3 Å². The fraction of sp³-hybridized carbons (Fsp3) is 1.00. The van der Waals surface area contributed by atoms with E-state index in [1.807, 2.05) is 0 Å². The molecule has 0 radical (unpaired) electrons. The zero-order valence-corrected chi connectivity index (χ0v) is 13.6. The van der Waals surface area contributed by atoms with E-state index in [1.54, 1.807) is 0 Å².